The van der Waals surface area contributed by atoms with Crippen LogP contribution in [-0.2, 0) is 0 Å². The van der Waals surface area contributed by atoms with Gasteiger partial charge in [-0.2, -0.15) is 15.5 Å². The zero-order chi connectivity index (χ0) is 20.9. The maximum atomic E-state index is 11.2. The number of oxazole rings is 1. The molecule has 0 fully saturated rings. The van der Waals surface area contributed by atoms with E-state index >= 15 is 0 Å². The molecule has 0 aliphatic carbocycles. The first-order valence-electron chi connectivity index (χ1n) is 8.68. The van der Waals surface area contributed by atoms with Crippen molar-refractivity contribution in [2.45, 2.75) is 0 Å². The minimum atomic E-state index is -0.458. The molecule has 0 atom stereocenters. The third-order valence-electron chi connectivity index (χ3n) is 4.14. The Bertz CT molecular complexity index is 1270. The highest BCUT2D eigenvalue weighted by Crippen LogP contribution is 2.26. The molecule has 4 aromatic rings. The molecule has 0 saturated carbocycles. The fraction of sp³-hybridized carbons (Fsp3) is 0. The normalized spacial score (nSPS) is 10.8. The lowest BCUT2D eigenvalue weighted by molar-refractivity contribution is -0.384. The van der Waals surface area contributed by atoms with Crippen LogP contribution in [0.3, 0.4) is 0 Å². The average Bonchev–Trinajstić information content (AvgIpc) is 3.41. The van der Waals surface area contributed by atoms with Gasteiger partial charge in [0.05, 0.1) is 16.8 Å². The van der Waals surface area contributed by atoms with Crippen molar-refractivity contribution in [3.8, 4) is 23.0 Å². The number of nitrogens with zero attached hydrogens (tertiary/aromatic N) is 6. The first-order chi connectivity index (χ1) is 14.7. The predicted molar refractivity (Wildman–Crippen MR) is 108 cm³/mol. The van der Waals surface area contributed by atoms with Crippen LogP contribution in [0.1, 0.15) is 11.3 Å². The number of nitriles is 1. The summed E-state index contributed by atoms with van der Waals surface area (Å²) in [5.74, 6) is 0.112. The van der Waals surface area contributed by atoms with Gasteiger partial charge in [0.2, 0.25) is 5.69 Å². The van der Waals surface area contributed by atoms with Gasteiger partial charge in [0.15, 0.2) is 6.39 Å². The summed E-state index contributed by atoms with van der Waals surface area (Å²) >= 11 is 0. The Morgan fingerprint density at radius 3 is 2.83 bits per heavy atom. The number of benzene rings is 2. The van der Waals surface area contributed by atoms with Crippen molar-refractivity contribution in [3.05, 3.63) is 88.6 Å². The minimum absolute atomic E-state index is 0.0388. The molecule has 10 nitrogen and oxygen atoms in total. The molecule has 0 radical (unpaired) electrons. The molecule has 10 heteroatoms. The molecule has 0 aliphatic rings. The van der Waals surface area contributed by atoms with Gasteiger partial charge in [0.25, 0.3) is 11.6 Å². The van der Waals surface area contributed by atoms with E-state index in [0.717, 1.165) is 12.1 Å². The average molecular weight is 399 g/mol. The standard InChI is InChI=1S/C20H13N7O3/c21-10-18-20(30-13-22-18)24-23-11-15-12-26(16-6-2-1-3-7-16)25-19(15)14-5-4-8-17(9-14)27(28)29/h1-9,11-13,24H/b23-11-. The Hall–Kier alpha value is -4.78. The predicted octanol–water partition coefficient (Wildman–Crippen LogP) is 3.75. The topological polar surface area (TPSA) is 135 Å². The molecule has 0 saturated heterocycles. The van der Waals surface area contributed by atoms with E-state index in [2.05, 4.69) is 20.6 Å². The van der Waals surface area contributed by atoms with Crippen LogP contribution in [0.2, 0.25) is 0 Å². The highest BCUT2D eigenvalue weighted by Gasteiger charge is 2.14. The number of hydrazone groups is 1. The van der Waals surface area contributed by atoms with Crippen molar-refractivity contribution >= 4 is 17.8 Å². The van der Waals surface area contributed by atoms with Crippen molar-refractivity contribution in [1.82, 2.24) is 14.8 Å². The zero-order valence-corrected chi connectivity index (χ0v) is 15.3. The van der Waals surface area contributed by atoms with Crippen LogP contribution in [-0.4, -0.2) is 25.9 Å². The molecule has 2 heterocycles. The van der Waals surface area contributed by atoms with Crippen molar-refractivity contribution in [2.75, 3.05) is 5.43 Å². The number of anilines is 1. The lowest BCUT2D eigenvalue weighted by Gasteiger charge is -2.00. The third-order valence-corrected chi connectivity index (χ3v) is 4.14. The summed E-state index contributed by atoms with van der Waals surface area (Å²) in [5.41, 5.74) is 5.15. The van der Waals surface area contributed by atoms with Gasteiger partial charge in [-0.3, -0.25) is 10.1 Å². The highest BCUT2D eigenvalue weighted by atomic mass is 16.6. The fourth-order valence-corrected chi connectivity index (χ4v) is 2.75. The lowest BCUT2D eigenvalue weighted by Crippen LogP contribution is -1.94. The Labute approximate surface area is 169 Å². The molecule has 0 aliphatic heterocycles. The van der Waals surface area contributed by atoms with Crippen LogP contribution < -0.4 is 5.43 Å². The number of para-hydroxylation sites is 1. The summed E-state index contributed by atoms with van der Waals surface area (Å²) in [6, 6.07) is 17.5. The largest absolute Gasteiger partial charge is 0.425 e. The first-order valence-corrected chi connectivity index (χ1v) is 8.68. The molecule has 30 heavy (non-hydrogen) atoms. The molecule has 2 aromatic heterocycles. The molecule has 0 bridgehead atoms. The van der Waals surface area contributed by atoms with Crippen LogP contribution >= 0.6 is 0 Å². The Balaban J connectivity index is 1.73. The number of rotatable bonds is 6. The van der Waals surface area contributed by atoms with Gasteiger partial charge < -0.3 is 4.42 Å². The maximum Gasteiger partial charge on any atom is 0.270 e. The molecule has 146 valence electrons. The summed E-state index contributed by atoms with van der Waals surface area (Å²) in [7, 11) is 0. The van der Waals surface area contributed by atoms with Crippen molar-refractivity contribution in [2.24, 2.45) is 5.10 Å². The second-order valence-electron chi connectivity index (χ2n) is 6.03. The van der Waals surface area contributed by atoms with Crippen LogP contribution in [0.15, 0.2) is 76.7 Å². The van der Waals surface area contributed by atoms with Crippen molar-refractivity contribution < 1.29 is 9.34 Å². The van der Waals surface area contributed by atoms with E-state index in [-0.39, 0.29) is 17.3 Å². The van der Waals surface area contributed by atoms with Gasteiger partial charge in [-0.05, 0) is 12.1 Å². The van der Waals surface area contributed by atoms with Gasteiger partial charge in [0, 0.05) is 29.5 Å². The molecule has 4 rings (SSSR count). The van der Waals surface area contributed by atoms with Gasteiger partial charge in [-0.15, -0.1) is 0 Å². The van der Waals surface area contributed by atoms with Crippen LogP contribution in [0.25, 0.3) is 16.9 Å². The Morgan fingerprint density at radius 2 is 2.07 bits per heavy atom. The SMILES string of the molecule is N#Cc1ncoc1N/N=C\c1cn(-c2ccccc2)nc1-c1cccc([N+](=O)[O-])c1. The van der Waals surface area contributed by atoms with Gasteiger partial charge in [0.1, 0.15) is 11.8 Å². The molecule has 0 spiro atoms. The zero-order valence-electron chi connectivity index (χ0n) is 15.3. The first kappa shape index (κ1) is 18.6. The number of nitrogens with one attached hydrogen (secondary N) is 1. The van der Waals surface area contributed by atoms with Crippen molar-refractivity contribution in [3.63, 3.8) is 0 Å². The van der Waals surface area contributed by atoms with Gasteiger partial charge in [-0.1, -0.05) is 30.3 Å². The second-order valence-corrected chi connectivity index (χ2v) is 6.03. The minimum Gasteiger partial charge on any atom is -0.425 e. The number of hydrogen-bond acceptors (Lipinski definition) is 8. The molecular weight excluding hydrogens is 386 g/mol. The highest BCUT2D eigenvalue weighted by molar-refractivity contribution is 5.89. The molecule has 2 aromatic carbocycles. The fourth-order valence-electron chi connectivity index (χ4n) is 2.75. The van der Waals surface area contributed by atoms with Crippen LogP contribution in [0, 0.1) is 21.4 Å². The number of nitro groups is 1. The summed E-state index contributed by atoms with van der Waals surface area (Å²) < 4.78 is 6.73. The lowest BCUT2D eigenvalue weighted by atomic mass is 10.1. The quantitative estimate of drug-likeness (QED) is 0.296. The molecular formula is C20H13N7O3. The third kappa shape index (κ3) is 3.76. The second kappa shape index (κ2) is 8.07. The van der Waals surface area contributed by atoms with E-state index in [1.54, 1.807) is 23.0 Å². The van der Waals surface area contributed by atoms with E-state index in [9.17, 15) is 10.1 Å². The summed E-state index contributed by atoms with van der Waals surface area (Å²) in [5, 5.41) is 28.8. The van der Waals surface area contributed by atoms with Crippen LogP contribution in [0.4, 0.5) is 11.6 Å². The van der Waals surface area contributed by atoms with E-state index in [1.165, 1.54) is 18.3 Å². The summed E-state index contributed by atoms with van der Waals surface area (Å²) in [6.07, 6.45) is 4.38. The van der Waals surface area contributed by atoms with E-state index < -0.39 is 4.92 Å². The number of nitro benzene ring substituents is 1. The Morgan fingerprint density at radius 1 is 1.23 bits per heavy atom. The van der Waals surface area contributed by atoms with Crippen LogP contribution in [0.5, 0.6) is 0 Å². The van der Waals surface area contributed by atoms with E-state index in [0.29, 0.717) is 16.8 Å². The summed E-state index contributed by atoms with van der Waals surface area (Å²) in [4.78, 5) is 14.5. The maximum absolute atomic E-state index is 11.2. The number of non-ortho nitro benzene ring substituents is 1. The molecule has 0 unspecified atom stereocenters. The Kier molecular flexibility index (Phi) is 5.00. The monoisotopic (exact) mass is 399 g/mol. The van der Waals surface area contributed by atoms with E-state index in [1.807, 2.05) is 36.4 Å². The molecule has 1 N–H and O–H groups in total. The van der Waals surface area contributed by atoms with Crippen molar-refractivity contribution in [1.29, 1.82) is 5.26 Å². The number of hydrogen-bond donors (Lipinski definition) is 1. The van der Waals surface area contributed by atoms with Gasteiger partial charge >= 0.3 is 0 Å². The smallest absolute Gasteiger partial charge is 0.270 e. The van der Waals surface area contributed by atoms with E-state index in [4.69, 9.17) is 9.68 Å². The summed E-state index contributed by atoms with van der Waals surface area (Å²) in [6.45, 7) is 0. The number of aromatic nitrogens is 3. The molecule has 0 amide bonds. The van der Waals surface area contributed by atoms with Gasteiger partial charge in [-0.25, -0.2) is 15.1 Å².